The van der Waals surface area contributed by atoms with Gasteiger partial charge in [0.25, 0.3) is 0 Å². The molecule has 3 N–H and O–H groups in total. The van der Waals surface area contributed by atoms with Gasteiger partial charge < -0.3 is 5.73 Å². The molecule has 0 aliphatic rings. The van der Waals surface area contributed by atoms with E-state index in [-0.39, 0.29) is 12.4 Å². The third-order valence-electron chi connectivity index (χ3n) is 1.84. The highest BCUT2D eigenvalue weighted by molar-refractivity contribution is 9.10. The van der Waals surface area contributed by atoms with Crippen molar-refractivity contribution in [2.75, 3.05) is 0 Å². The summed E-state index contributed by atoms with van der Waals surface area (Å²) in [7, 11) is 0. The van der Waals surface area contributed by atoms with Crippen molar-refractivity contribution in [1.82, 2.24) is 15.2 Å². The van der Waals surface area contributed by atoms with Crippen molar-refractivity contribution < 1.29 is 0 Å². The Morgan fingerprint density at radius 1 is 1.33 bits per heavy atom. The van der Waals surface area contributed by atoms with Crippen LogP contribution in [0, 0.1) is 0 Å². The van der Waals surface area contributed by atoms with Crippen molar-refractivity contribution in [3.8, 4) is 11.4 Å². The van der Waals surface area contributed by atoms with Gasteiger partial charge in [-0.3, -0.25) is 5.10 Å². The molecule has 0 saturated carbocycles. The summed E-state index contributed by atoms with van der Waals surface area (Å²) in [4.78, 5) is 4.24. The number of aromatic nitrogens is 3. The number of nitrogens with two attached hydrogens (primary N) is 1. The number of rotatable bonds is 2. The predicted octanol–water partition coefficient (Wildman–Crippen LogP) is 2.11. The summed E-state index contributed by atoms with van der Waals surface area (Å²) in [5.41, 5.74) is 6.40. The van der Waals surface area contributed by atoms with Gasteiger partial charge in [-0.05, 0) is 12.1 Å². The van der Waals surface area contributed by atoms with Crippen molar-refractivity contribution in [3.63, 3.8) is 0 Å². The fraction of sp³-hybridized carbons (Fsp3) is 0.111. The Morgan fingerprint density at radius 3 is 2.67 bits per heavy atom. The summed E-state index contributed by atoms with van der Waals surface area (Å²) in [6, 6.07) is 7.80. The van der Waals surface area contributed by atoms with Crippen LogP contribution in [0.15, 0.2) is 28.7 Å². The first-order valence-corrected chi connectivity index (χ1v) is 4.97. The second-order valence-corrected chi connectivity index (χ2v) is 3.64. The molecule has 0 saturated heterocycles. The van der Waals surface area contributed by atoms with Crippen LogP contribution in [-0.2, 0) is 6.54 Å². The van der Waals surface area contributed by atoms with E-state index < -0.39 is 0 Å². The lowest BCUT2D eigenvalue weighted by Crippen LogP contribution is -1.97. The molecule has 1 aromatic heterocycles. The largest absolute Gasteiger partial charge is 0.324 e. The Labute approximate surface area is 102 Å². The predicted molar refractivity (Wildman–Crippen MR) is 64.7 cm³/mol. The lowest BCUT2D eigenvalue weighted by atomic mass is 10.2. The van der Waals surface area contributed by atoms with Gasteiger partial charge in [0.05, 0.1) is 6.54 Å². The topological polar surface area (TPSA) is 67.6 Å². The summed E-state index contributed by atoms with van der Waals surface area (Å²) in [5.74, 6) is 1.36. The zero-order valence-corrected chi connectivity index (χ0v) is 10.2. The van der Waals surface area contributed by atoms with Crippen LogP contribution in [0.4, 0.5) is 0 Å². The molecule has 80 valence electrons. The van der Waals surface area contributed by atoms with E-state index in [2.05, 4.69) is 31.1 Å². The fourth-order valence-electron chi connectivity index (χ4n) is 1.15. The van der Waals surface area contributed by atoms with Crippen LogP contribution in [0.25, 0.3) is 11.4 Å². The van der Waals surface area contributed by atoms with Crippen LogP contribution in [0.5, 0.6) is 0 Å². The zero-order valence-electron chi connectivity index (χ0n) is 7.77. The molecule has 0 radical (unpaired) electrons. The van der Waals surface area contributed by atoms with Crippen molar-refractivity contribution in [2.45, 2.75) is 6.54 Å². The third kappa shape index (κ3) is 2.56. The summed E-state index contributed by atoms with van der Waals surface area (Å²) in [6.45, 7) is 0.372. The van der Waals surface area contributed by atoms with Gasteiger partial charge in [-0.2, -0.15) is 5.10 Å². The lowest BCUT2D eigenvalue weighted by Gasteiger charge is -1.96. The van der Waals surface area contributed by atoms with E-state index in [0.29, 0.717) is 18.2 Å². The minimum Gasteiger partial charge on any atom is -0.324 e. The summed E-state index contributed by atoms with van der Waals surface area (Å²) in [5, 5.41) is 6.85. The highest BCUT2D eigenvalue weighted by Gasteiger charge is 2.07. The molecule has 0 unspecified atom stereocenters. The van der Waals surface area contributed by atoms with E-state index in [1.807, 2.05) is 24.3 Å². The molecule has 15 heavy (non-hydrogen) atoms. The molecule has 0 amide bonds. The molecule has 4 nitrogen and oxygen atoms in total. The Kier molecular flexibility index (Phi) is 4.26. The second kappa shape index (κ2) is 5.25. The minimum atomic E-state index is 0. The average molecular weight is 290 g/mol. The van der Waals surface area contributed by atoms with Gasteiger partial charge in [-0.1, -0.05) is 28.1 Å². The van der Waals surface area contributed by atoms with Crippen molar-refractivity contribution in [1.29, 1.82) is 0 Å². The van der Waals surface area contributed by atoms with E-state index in [4.69, 9.17) is 5.73 Å². The molecule has 0 aliphatic carbocycles. The smallest absolute Gasteiger partial charge is 0.182 e. The molecule has 6 heteroatoms. The number of hydrogen-bond acceptors (Lipinski definition) is 3. The third-order valence-corrected chi connectivity index (χ3v) is 2.53. The molecule has 0 fully saturated rings. The van der Waals surface area contributed by atoms with Gasteiger partial charge in [-0.25, -0.2) is 4.98 Å². The Hall–Kier alpha value is -0.910. The number of aromatic amines is 1. The zero-order chi connectivity index (χ0) is 9.97. The van der Waals surface area contributed by atoms with Crippen LogP contribution in [0.2, 0.25) is 0 Å². The van der Waals surface area contributed by atoms with Crippen molar-refractivity contribution in [3.05, 3.63) is 34.6 Å². The number of halogens is 2. The molecule has 0 atom stereocenters. The van der Waals surface area contributed by atoms with Crippen LogP contribution in [0.1, 0.15) is 5.82 Å². The van der Waals surface area contributed by atoms with Crippen LogP contribution in [-0.4, -0.2) is 15.2 Å². The highest BCUT2D eigenvalue weighted by Crippen LogP contribution is 2.24. The standard InChI is InChI=1S/C9H9BrN4.ClH/c10-7-4-2-1-3-6(7)9-12-8(5-11)13-14-9;/h1-4H,5,11H2,(H,12,13,14);1H. The fourth-order valence-corrected chi connectivity index (χ4v) is 1.61. The lowest BCUT2D eigenvalue weighted by molar-refractivity contribution is 0.917. The van der Waals surface area contributed by atoms with Crippen LogP contribution < -0.4 is 5.73 Å². The van der Waals surface area contributed by atoms with E-state index in [1.54, 1.807) is 0 Å². The molecule has 2 rings (SSSR count). The number of nitrogens with zero attached hydrogens (tertiary/aromatic N) is 2. The first-order valence-electron chi connectivity index (χ1n) is 4.17. The summed E-state index contributed by atoms with van der Waals surface area (Å²) < 4.78 is 0.975. The van der Waals surface area contributed by atoms with Gasteiger partial charge in [-0.15, -0.1) is 12.4 Å². The summed E-state index contributed by atoms with van der Waals surface area (Å²) in [6.07, 6.45) is 0. The molecule has 0 aliphatic heterocycles. The first-order chi connectivity index (χ1) is 6.81. The molecule has 2 aromatic rings. The maximum absolute atomic E-state index is 5.43. The van der Waals surface area contributed by atoms with Gasteiger partial charge in [0.2, 0.25) is 0 Å². The Bertz CT molecular complexity index is 443. The average Bonchev–Trinajstić information content (AvgIpc) is 2.67. The number of H-pyrrole nitrogens is 1. The minimum absolute atomic E-state index is 0. The van der Waals surface area contributed by atoms with Crippen LogP contribution >= 0.6 is 28.3 Å². The maximum Gasteiger partial charge on any atom is 0.182 e. The van der Waals surface area contributed by atoms with E-state index in [9.17, 15) is 0 Å². The molecule has 0 spiro atoms. The number of hydrogen-bond donors (Lipinski definition) is 2. The number of benzene rings is 1. The van der Waals surface area contributed by atoms with Gasteiger partial charge in [0, 0.05) is 10.0 Å². The van der Waals surface area contributed by atoms with Gasteiger partial charge in [0.15, 0.2) is 5.82 Å². The molecule has 0 bridgehead atoms. The summed E-state index contributed by atoms with van der Waals surface area (Å²) >= 11 is 3.44. The SMILES string of the molecule is Cl.NCc1nc(-c2ccccc2Br)n[nH]1. The first kappa shape index (κ1) is 12.2. The van der Waals surface area contributed by atoms with Gasteiger partial charge >= 0.3 is 0 Å². The second-order valence-electron chi connectivity index (χ2n) is 2.79. The molecular weight excluding hydrogens is 279 g/mol. The highest BCUT2D eigenvalue weighted by atomic mass is 79.9. The maximum atomic E-state index is 5.43. The van der Waals surface area contributed by atoms with Crippen LogP contribution in [0.3, 0.4) is 0 Å². The van der Waals surface area contributed by atoms with E-state index in [1.165, 1.54) is 0 Å². The molecule has 1 aromatic carbocycles. The van der Waals surface area contributed by atoms with E-state index >= 15 is 0 Å². The normalized spacial score (nSPS) is 9.73. The Morgan fingerprint density at radius 2 is 2.07 bits per heavy atom. The van der Waals surface area contributed by atoms with Crippen molar-refractivity contribution >= 4 is 28.3 Å². The monoisotopic (exact) mass is 288 g/mol. The Balaban J connectivity index is 0.00000112. The van der Waals surface area contributed by atoms with Crippen molar-refractivity contribution in [2.24, 2.45) is 5.73 Å². The molecule has 1 heterocycles. The van der Waals surface area contributed by atoms with Gasteiger partial charge in [0.1, 0.15) is 5.82 Å². The number of nitrogens with one attached hydrogen (secondary N) is 1. The quantitative estimate of drug-likeness (QED) is 0.890. The molecular formula is C9H10BrClN4. The van der Waals surface area contributed by atoms with E-state index in [0.717, 1.165) is 10.0 Å².